The lowest BCUT2D eigenvalue weighted by Gasteiger charge is -2.12. The number of nitrogens with one attached hydrogen (secondary N) is 2. The van der Waals surface area contributed by atoms with Crippen LogP contribution < -0.4 is 10.6 Å². The van der Waals surface area contributed by atoms with Gasteiger partial charge in [0.15, 0.2) is 11.6 Å². The van der Waals surface area contributed by atoms with E-state index in [-0.39, 0.29) is 5.82 Å². The highest BCUT2D eigenvalue weighted by atomic mass is 19.1. The molecule has 1 aromatic heterocycles. The first-order valence-electron chi connectivity index (χ1n) is 6.86. The fourth-order valence-corrected chi connectivity index (χ4v) is 1.96. The van der Waals surface area contributed by atoms with E-state index in [1.165, 1.54) is 6.20 Å². The Balaban J connectivity index is 2.27. The van der Waals surface area contributed by atoms with Crippen LogP contribution in [0.25, 0.3) is 0 Å². The summed E-state index contributed by atoms with van der Waals surface area (Å²) < 4.78 is 13.8. The van der Waals surface area contributed by atoms with Gasteiger partial charge in [-0.3, -0.25) is 0 Å². The second-order valence-electron chi connectivity index (χ2n) is 4.45. The van der Waals surface area contributed by atoms with E-state index in [1.807, 2.05) is 31.2 Å². The molecule has 0 saturated carbocycles. The van der Waals surface area contributed by atoms with Crippen LogP contribution in [0.1, 0.15) is 25.8 Å². The van der Waals surface area contributed by atoms with Crippen LogP contribution in [0.4, 0.5) is 21.8 Å². The molecule has 2 N–H and O–H groups in total. The summed E-state index contributed by atoms with van der Waals surface area (Å²) in [4.78, 5) is 8.04. The van der Waals surface area contributed by atoms with Gasteiger partial charge in [0.25, 0.3) is 0 Å². The van der Waals surface area contributed by atoms with Crippen molar-refractivity contribution in [1.29, 1.82) is 0 Å². The molecule has 2 aromatic rings. The third kappa shape index (κ3) is 3.44. The molecule has 2 rings (SSSR count). The number of nitrogens with zero attached hydrogens (tertiary/aromatic N) is 2. The van der Waals surface area contributed by atoms with Gasteiger partial charge < -0.3 is 10.6 Å². The predicted octanol–water partition coefficient (Wildman–Crippen LogP) is 3.74. The average Bonchev–Trinajstić information content (AvgIpc) is 2.45. The normalized spacial score (nSPS) is 10.3. The van der Waals surface area contributed by atoms with E-state index in [0.29, 0.717) is 12.5 Å². The topological polar surface area (TPSA) is 49.8 Å². The third-order valence-corrected chi connectivity index (χ3v) is 2.87. The molecule has 20 heavy (non-hydrogen) atoms. The zero-order valence-electron chi connectivity index (χ0n) is 11.8. The maximum atomic E-state index is 13.8. The minimum atomic E-state index is -0.460. The van der Waals surface area contributed by atoms with Crippen LogP contribution in [-0.4, -0.2) is 16.5 Å². The minimum Gasteiger partial charge on any atom is -0.354 e. The number of aryl methyl sites for hydroxylation is 1. The number of rotatable bonds is 6. The lowest BCUT2D eigenvalue weighted by Crippen LogP contribution is -2.06. The molecule has 0 atom stereocenters. The van der Waals surface area contributed by atoms with Gasteiger partial charge >= 0.3 is 0 Å². The molecule has 4 nitrogen and oxygen atoms in total. The summed E-state index contributed by atoms with van der Waals surface area (Å²) in [7, 11) is 0. The van der Waals surface area contributed by atoms with Crippen molar-refractivity contribution in [3.05, 3.63) is 41.8 Å². The highest BCUT2D eigenvalue weighted by Gasteiger charge is 2.09. The van der Waals surface area contributed by atoms with Gasteiger partial charge in [0, 0.05) is 12.2 Å². The lowest BCUT2D eigenvalue weighted by molar-refractivity contribution is 0.619. The summed E-state index contributed by atoms with van der Waals surface area (Å²) in [5.41, 5.74) is 2.03. The molecule has 0 amide bonds. The number of para-hydroxylation sites is 1. The molecule has 1 aromatic carbocycles. The largest absolute Gasteiger partial charge is 0.354 e. The number of benzene rings is 1. The quantitative estimate of drug-likeness (QED) is 0.842. The third-order valence-electron chi connectivity index (χ3n) is 2.87. The Bertz CT molecular complexity index is 572. The van der Waals surface area contributed by atoms with Crippen LogP contribution in [0.3, 0.4) is 0 Å². The SMILES string of the molecule is CCCc1ccccc1Nc1nc(NCC)ncc1F. The summed E-state index contributed by atoms with van der Waals surface area (Å²) in [6.07, 6.45) is 3.15. The van der Waals surface area contributed by atoms with Gasteiger partial charge in [0.2, 0.25) is 5.95 Å². The van der Waals surface area contributed by atoms with E-state index in [0.717, 1.165) is 24.1 Å². The van der Waals surface area contributed by atoms with E-state index in [1.54, 1.807) is 0 Å². The second kappa shape index (κ2) is 6.84. The van der Waals surface area contributed by atoms with Crippen molar-refractivity contribution in [2.45, 2.75) is 26.7 Å². The van der Waals surface area contributed by atoms with E-state index in [9.17, 15) is 4.39 Å². The van der Waals surface area contributed by atoms with E-state index < -0.39 is 5.82 Å². The van der Waals surface area contributed by atoms with Crippen molar-refractivity contribution in [1.82, 2.24) is 9.97 Å². The van der Waals surface area contributed by atoms with Gasteiger partial charge in [-0.2, -0.15) is 4.98 Å². The van der Waals surface area contributed by atoms with E-state index in [2.05, 4.69) is 27.5 Å². The summed E-state index contributed by atoms with van der Waals surface area (Å²) in [6.45, 7) is 4.75. The van der Waals surface area contributed by atoms with Gasteiger partial charge in [0.1, 0.15) is 0 Å². The fourth-order valence-electron chi connectivity index (χ4n) is 1.96. The van der Waals surface area contributed by atoms with Crippen LogP contribution in [0.15, 0.2) is 30.5 Å². The molecule has 0 aliphatic carbocycles. The number of hydrogen-bond acceptors (Lipinski definition) is 4. The molecule has 5 heteroatoms. The number of aromatic nitrogens is 2. The molecule has 1 heterocycles. The number of hydrogen-bond donors (Lipinski definition) is 2. The fraction of sp³-hybridized carbons (Fsp3) is 0.333. The zero-order chi connectivity index (χ0) is 14.4. The van der Waals surface area contributed by atoms with Crippen molar-refractivity contribution in [2.24, 2.45) is 0 Å². The van der Waals surface area contributed by atoms with Gasteiger partial charge in [-0.15, -0.1) is 0 Å². The number of halogens is 1. The van der Waals surface area contributed by atoms with Crippen molar-refractivity contribution in [2.75, 3.05) is 17.2 Å². The Kier molecular flexibility index (Phi) is 4.87. The predicted molar refractivity (Wildman–Crippen MR) is 79.9 cm³/mol. The van der Waals surface area contributed by atoms with Crippen molar-refractivity contribution >= 4 is 17.5 Å². The minimum absolute atomic E-state index is 0.194. The second-order valence-corrected chi connectivity index (χ2v) is 4.45. The lowest BCUT2D eigenvalue weighted by atomic mass is 10.1. The Morgan fingerprint density at radius 2 is 2.00 bits per heavy atom. The van der Waals surface area contributed by atoms with Crippen LogP contribution in [-0.2, 0) is 6.42 Å². The molecule has 0 saturated heterocycles. The first-order chi connectivity index (χ1) is 9.74. The van der Waals surface area contributed by atoms with Crippen molar-refractivity contribution < 1.29 is 4.39 Å². The highest BCUT2D eigenvalue weighted by molar-refractivity contribution is 5.61. The molecule has 0 unspecified atom stereocenters. The molecule has 0 spiro atoms. The maximum Gasteiger partial charge on any atom is 0.224 e. The van der Waals surface area contributed by atoms with Crippen LogP contribution in [0.5, 0.6) is 0 Å². The monoisotopic (exact) mass is 274 g/mol. The van der Waals surface area contributed by atoms with Crippen LogP contribution >= 0.6 is 0 Å². The van der Waals surface area contributed by atoms with Crippen molar-refractivity contribution in [3.8, 4) is 0 Å². The molecule has 0 aliphatic heterocycles. The maximum absolute atomic E-state index is 13.8. The Morgan fingerprint density at radius 1 is 1.20 bits per heavy atom. The average molecular weight is 274 g/mol. The summed E-state index contributed by atoms with van der Waals surface area (Å²) in [6, 6.07) is 7.87. The molecule has 0 aliphatic rings. The summed E-state index contributed by atoms with van der Waals surface area (Å²) in [5, 5.41) is 6.03. The molecule has 106 valence electrons. The smallest absolute Gasteiger partial charge is 0.224 e. The van der Waals surface area contributed by atoms with E-state index in [4.69, 9.17) is 0 Å². The number of anilines is 3. The van der Waals surface area contributed by atoms with Gasteiger partial charge in [-0.1, -0.05) is 31.5 Å². The molecule has 0 radical (unpaired) electrons. The molecular weight excluding hydrogens is 255 g/mol. The Labute approximate surface area is 118 Å². The van der Waals surface area contributed by atoms with Crippen LogP contribution in [0, 0.1) is 5.82 Å². The molecular formula is C15H19FN4. The van der Waals surface area contributed by atoms with Gasteiger partial charge in [-0.25, -0.2) is 9.37 Å². The molecule has 0 fully saturated rings. The summed E-state index contributed by atoms with van der Waals surface area (Å²) >= 11 is 0. The van der Waals surface area contributed by atoms with Gasteiger partial charge in [-0.05, 0) is 25.0 Å². The van der Waals surface area contributed by atoms with Crippen LogP contribution in [0.2, 0.25) is 0 Å². The van der Waals surface area contributed by atoms with Crippen molar-refractivity contribution in [3.63, 3.8) is 0 Å². The first-order valence-corrected chi connectivity index (χ1v) is 6.86. The standard InChI is InChI=1S/C15H19FN4/c1-3-7-11-8-5-6-9-13(11)19-14-12(16)10-18-15(20-14)17-4-2/h5-6,8-10H,3-4,7H2,1-2H3,(H2,17,18,19,20). The van der Waals surface area contributed by atoms with E-state index >= 15 is 0 Å². The van der Waals surface area contributed by atoms with Gasteiger partial charge in [0.05, 0.1) is 6.20 Å². The highest BCUT2D eigenvalue weighted by Crippen LogP contribution is 2.23. The molecule has 0 bridgehead atoms. The Hall–Kier alpha value is -2.17. The first kappa shape index (κ1) is 14.2. The summed E-state index contributed by atoms with van der Waals surface area (Å²) in [5.74, 6) is 0.154. The zero-order valence-corrected chi connectivity index (χ0v) is 11.8. The Morgan fingerprint density at radius 3 is 2.75 bits per heavy atom.